The number of hydrogen-bond acceptors (Lipinski definition) is 5. The van der Waals surface area contributed by atoms with Crippen LogP contribution >= 0.6 is 11.3 Å². The molecule has 0 aliphatic rings. The van der Waals surface area contributed by atoms with Crippen molar-refractivity contribution in [3.8, 4) is 0 Å². The van der Waals surface area contributed by atoms with E-state index >= 15 is 0 Å². The molecule has 2 aromatic carbocycles. The average Bonchev–Trinajstić information content (AvgIpc) is 3.40. The van der Waals surface area contributed by atoms with Gasteiger partial charge in [-0.1, -0.05) is 24.3 Å². The molecule has 4 aromatic rings. The van der Waals surface area contributed by atoms with Crippen LogP contribution in [0.4, 0.5) is 5.69 Å². The highest BCUT2D eigenvalue weighted by Crippen LogP contribution is 2.22. The lowest BCUT2D eigenvalue weighted by Gasteiger charge is -2.08. The monoisotopic (exact) mass is 417 g/mol. The molecule has 30 heavy (non-hydrogen) atoms. The van der Waals surface area contributed by atoms with Crippen molar-refractivity contribution in [2.45, 2.75) is 13.1 Å². The van der Waals surface area contributed by atoms with Crippen LogP contribution in [0.5, 0.6) is 0 Å². The summed E-state index contributed by atoms with van der Waals surface area (Å²) in [6.45, 7) is 0.496. The van der Waals surface area contributed by atoms with Gasteiger partial charge in [-0.2, -0.15) is 5.10 Å². The van der Waals surface area contributed by atoms with Gasteiger partial charge in [-0.3, -0.25) is 14.3 Å². The van der Waals surface area contributed by atoms with Gasteiger partial charge in [-0.15, -0.1) is 11.3 Å². The molecule has 2 heterocycles. The molecule has 0 saturated carbocycles. The summed E-state index contributed by atoms with van der Waals surface area (Å²) < 4.78 is 2.64. The summed E-state index contributed by atoms with van der Waals surface area (Å²) in [4.78, 5) is 28.7. The summed E-state index contributed by atoms with van der Waals surface area (Å²) in [7, 11) is 0. The number of nitrogens with zero attached hydrogens (tertiary/aromatic N) is 3. The first kappa shape index (κ1) is 19.5. The minimum atomic E-state index is -0.206. The summed E-state index contributed by atoms with van der Waals surface area (Å²) in [6, 6.07) is 17.0. The number of amides is 2. The number of nitrogens with one attached hydrogen (secondary N) is 2. The highest BCUT2D eigenvalue weighted by molar-refractivity contribution is 7.19. The van der Waals surface area contributed by atoms with Gasteiger partial charge >= 0.3 is 0 Å². The first-order valence-corrected chi connectivity index (χ1v) is 10.1. The molecule has 150 valence electrons. The molecule has 0 fully saturated rings. The van der Waals surface area contributed by atoms with Crippen molar-refractivity contribution in [2.24, 2.45) is 0 Å². The van der Waals surface area contributed by atoms with Crippen LogP contribution in [0.3, 0.4) is 0 Å². The van der Waals surface area contributed by atoms with Crippen LogP contribution in [0.1, 0.15) is 10.6 Å². The number of thiazole rings is 1. The molecule has 0 aliphatic carbocycles. The van der Waals surface area contributed by atoms with E-state index in [0.29, 0.717) is 12.2 Å². The van der Waals surface area contributed by atoms with E-state index in [1.54, 1.807) is 35.3 Å². The van der Waals surface area contributed by atoms with Gasteiger partial charge in [-0.05, 0) is 42.0 Å². The third-order valence-corrected chi connectivity index (χ3v) is 5.23. The van der Waals surface area contributed by atoms with Crippen molar-refractivity contribution in [1.82, 2.24) is 20.1 Å². The van der Waals surface area contributed by atoms with Crippen molar-refractivity contribution in [1.29, 1.82) is 0 Å². The van der Waals surface area contributed by atoms with Gasteiger partial charge in [0.2, 0.25) is 11.8 Å². The molecule has 8 heteroatoms. The van der Waals surface area contributed by atoms with Gasteiger partial charge in [0.1, 0.15) is 11.6 Å². The highest BCUT2D eigenvalue weighted by atomic mass is 32.1. The fourth-order valence-electron chi connectivity index (χ4n) is 2.86. The van der Waals surface area contributed by atoms with Gasteiger partial charge in [0.15, 0.2) is 0 Å². The van der Waals surface area contributed by atoms with E-state index in [-0.39, 0.29) is 18.4 Å². The molecule has 4 rings (SSSR count). The van der Waals surface area contributed by atoms with Crippen LogP contribution in [0, 0.1) is 0 Å². The van der Waals surface area contributed by atoms with Crippen LogP contribution in [0.2, 0.25) is 0 Å². The number of para-hydroxylation sites is 1. The van der Waals surface area contributed by atoms with Crippen LogP contribution in [-0.4, -0.2) is 26.6 Å². The van der Waals surface area contributed by atoms with Gasteiger partial charge in [0.25, 0.3) is 0 Å². The van der Waals surface area contributed by atoms with Crippen molar-refractivity contribution < 1.29 is 9.59 Å². The third kappa shape index (κ3) is 5.18. The van der Waals surface area contributed by atoms with E-state index in [9.17, 15) is 9.59 Å². The van der Waals surface area contributed by atoms with E-state index in [4.69, 9.17) is 0 Å². The Balaban J connectivity index is 1.30. The molecule has 7 nitrogen and oxygen atoms in total. The zero-order chi connectivity index (χ0) is 20.8. The average molecular weight is 417 g/mol. The maximum atomic E-state index is 12.1. The Bertz CT molecular complexity index is 1160. The molecule has 0 atom stereocenters. The molecule has 0 aliphatic heterocycles. The van der Waals surface area contributed by atoms with Crippen molar-refractivity contribution in [3.63, 3.8) is 0 Å². The van der Waals surface area contributed by atoms with E-state index < -0.39 is 0 Å². The number of benzene rings is 2. The molecule has 2 N–H and O–H groups in total. The predicted octanol–water partition coefficient (Wildman–Crippen LogP) is 3.46. The lowest BCUT2D eigenvalue weighted by atomic mass is 10.2. The van der Waals surface area contributed by atoms with Crippen LogP contribution in [0.25, 0.3) is 16.3 Å². The zero-order valence-electron chi connectivity index (χ0n) is 16.0. The molecule has 2 aromatic heterocycles. The second-order valence-electron chi connectivity index (χ2n) is 6.52. The second kappa shape index (κ2) is 9.15. The maximum absolute atomic E-state index is 12.1. The van der Waals surface area contributed by atoms with Crippen molar-refractivity contribution in [2.75, 3.05) is 5.32 Å². The Labute approximate surface area is 177 Å². The number of carbonyl (C=O) groups excluding carboxylic acids is 2. The fraction of sp³-hybridized carbons (Fsp3) is 0.0909. The SMILES string of the molecule is O=C(/C=C/c1nc2ccccc2s1)NCc1cccc(NC(=O)Cn2cccn2)c1. The van der Waals surface area contributed by atoms with Crippen LogP contribution in [0.15, 0.2) is 73.1 Å². The summed E-state index contributed by atoms with van der Waals surface area (Å²) >= 11 is 1.54. The smallest absolute Gasteiger partial charge is 0.246 e. The zero-order valence-corrected chi connectivity index (χ0v) is 16.8. The van der Waals surface area contributed by atoms with E-state index in [1.165, 1.54) is 17.4 Å². The number of carbonyl (C=O) groups is 2. The Hall–Kier alpha value is -3.78. The topological polar surface area (TPSA) is 88.9 Å². The summed E-state index contributed by atoms with van der Waals surface area (Å²) in [5.41, 5.74) is 2.48. The molecule has 0 saturated heterocycles. The molecular weight excluding hydrogens is 398 g/mol. The molecule has 0 spiro atoms. The van der Waals surface area contributed by atoms with Gasteiger partial charge < -0.3 is 10.6 Å². The second-order valence-corrected chi connectivity index (χ2v) is 7.59. The van der Waals surface area contributed by atoms with Crippen molar-refractivity contribution >= 4 is 45.1 Å². The number of rotatable bonds is 7. The fourth-order valence-corrected chi connectivity index (χ4v) is 3.73. The molecule has 2 amide bonds. The number of fused-ring (bicyclic) bond motifs is 1. The lowest BCUT2D eigenvalue weighted by molar-refractivity contribution is -0.117. The molecular formula is C22H19N5O2S. The number of aromatic nitrogens is 3. The molecule has 0 radical (unpaired) electrons. The standard InChI is InChI=1S/C22H19N5O2S/c28-20(9-10-22-26-18-7-1-2-8-19(18)30-22)23-14-16-5-3-6-17(13-16)25-21(29)15-27-12-4-11-24-27/h1-13H,14-15H2,(H,23,28)(H,25,29)/b10-9+. The quantitative estimate of drug-likeness (QED) is 0.451. The van der Waals surface area contributed by atoms with Crippen LogP contribution < -0.4 is 10.6 Å². The first-order valence-electron chi connectivity index (χ1n) is 9.33. The predicted molar refractivity (Wildman–Crippen MR) is 118 cm³/mol. The minimum absolute atomic E-state index is 0.143. The molecule has 0 unspecified atom stereocenters. The minimum Gasteiger partial charge on any atom is -0.348 e. The van der Waals surface area contributed by atoms with Gasteiger partial charge in [0.05, 0.1) is 10.2 Å². The van der Waals surface area contributed by atoms with Gasteiger partial charge in [0, 0.05) is 30.7 Å². The summed E-state index contributed by atoms with van der Waals surface area (Å²) in [5, 5.41) is 10.5. The maximum Gasteiger partial charge on any atom is 0.246 e. The van der Waals surface area contributed by atoms with Gasteiger partial charge in [-0.25, -0.2) is 4.98 Å². The van der Waals surface area contributed by atoms with E-state index in [1.807, 2.05) is 42.5 Å². The van der Waals surface area contributed by atoms with E-state index in [0.717, 1.165) is 20.8 Å². The Morgan fingerprint density at radius 1 is 1.10 bits per heavy atom. The van der Waals surface area contributed by atoms with E-state index in [2.05, 4.69) is 20.7 Å². The third-order valence-electron chi connectivity index (χ3n) is 4.23. The summed E-state index contributed by atoms with van der Waals surface area (Å²) in [5.74, 6) is -0.374. The largest absolute Gasteiger partial charge is 0.348 e. The van der Waals surface area contributed by atoms with Crippen LogP contribution in [-0.2, 0) is 22.7 Å². The normalized spacial score (nSPS) is 11.1. The first-order chi connectivity index (χ1) is 14.7. The lowest BCUT2D eigenvalue weighted by Crippen LogP contribution is -2.21. The summed E-state index contributed by atoms with van der Waals surface area (Å²) in [6.07, 6.45) is 6.55. The Morgan fingerprint density at radius 3 is 2.83 bits per heavy atom. The highest BCUT2D eigenvalue weighted by Gasteiger charge is 2.05. The van der Waals surface area contributed by atoms with Crippen molar-refractivity contribution in [3.05, 3.63) is 83.6 Å². The Morgan fingerprint density at radius 2 is 2.00 bits per heavy atom. The number of hydrogen-bond donors (Lipinski definition) is 2. The molecule has 0 bridgehead atoms. The number of anilines is 1. The Kier molecular flexibility index (Phi) is 5.95.